The molecular formula is C16H18FN3O3S2. The minimum absolute atomic E-state index is 0.0311. The molecular weight excluding hydrogens is 365 g/mol. The van der Waals surface area contributed by atoms with E-state index in [2.05, 4.69) is 10.9 Å². The molecule has 0 aliphatic carbocycles. The van der Waals surface area contributed by atoms with Crippen LogP contribution in [0.25, 0.3) is 0 Å². The molecule has 1 aliphatic heterocycles. The maximum absolute atomic E-state index is 13.4. The van der Waals surface area contributed by atoms with Gasteiger partial charge in [-0.05, 0) is 25.0 Å². The van der Waals surface area contributed by atoms with E-state index in [1.165, 1.54) is 36.0 Å². The van der Waals surface area contributed by atoms with Crippen LogP contribution in [0, 0.1) is 5.82 Å². The number of benzene rings is 1. The first-order valence-corrected chi connectivity index (χ1v) is 9.19. The largest absolute Gasteiger partial charge is 0.297 e. The van der Waals surface area contributed by atoms with E-state index >= 15 is 0 Å². The number of amides is 3. The Bertz CT molecular complexity index is 668. The van der Waals surface area contributed by atoms with Crippen molar-refractivity contribution in [2.24, 2.45) is 0 Å². The van der Waals surface area contributed by atoms with Gasteiger partial charge in [-0.1, -0.05) is 42.5 Å². The maximum Gasteiger partial charge on any atom is 0.272 e. The Morgan fingerprint density at radius 3 is 2.64 bits per heavy atom. The molecule has 2 N–H and O–H groups in total. The van der Waals surface area contributed by atoms with Gasteiger partial charge in [0.1, 0.15) is 10.1 Å². The first-order chi connectivity index (χ1) is 12.0. The number of hydrazine groups is 1. The highest BCUT2D eigenvalue weighted by molar-refractivity contribution is 8.23. The van der Waals surface area contributed by atoms with Crippen LogP contribution in [0.4, 0.5) is 4.39 Å². The fourth-order valence-electron chi connectivity index (χ4n) is 2.23. The average Bonchev–Trinajstić information content (AvgIpc) is 2.91. The van der Waals surface area contributed by atoms with E-state index in [0.29, 0.717) is 23.0 Å². The van der Waals surface area contributed by atoms with Gasteiger partial charge in [-0.2, -0.15) is 0 Å². The van der Waals surface area contributed by atoms with Crippen molar-refractivity contribution in [1.82, 2.24) is 15.8 Å². The predicted molar refractivity (Wildman–Crippen MR) is 97.2 cm³/mol. The normalized spacial score (nSPS) is 13.9. The van der Waals surface area contributed by atoms with Crippen LogP contribution in [0.5, 0.6) is 0 Å². The van der Waals surface area contributed by atoms with Crippen molar-refractivity contribution in [3.05, 3.63) is 35.6 Å². The number of nitrogens with zero attached hydrogens (tertiary/aromatic N) is 1. The lowest BCUT2D eigenvalue weighted by Crippen LogP contribution is -2.41. The minimum atomic E-state index is -0.704. The summed E-state index contributed by atoms with van der Waals surface area (Å²) in [5.74, 6) is -1.27. The Kier molecular flexibility index (Phi) is 7.32. The summed E-state index contributed by atoms with van der Waals surface area (Å²) in [5, 5.41) is 0. The Morgan fingerprint density at radius 2 is 1.96 bits per heavy atom. The molecule has 0 atom stereocenters. The summed E-state index contributed by atoms with van der Waals surface area (Å²) >= 11 is 6.45. The SMILES string of the molecule is O=C(CCCCCN1C(=O)CSC1=S)NNC(=O)c1ccccc1F. The lowest BCUT2D eigenvalue weighted by Gasteiger charge is -2.14. The standard InChI is InChI=1S/C16H18FN3O3S2/c17-12-7-4-3-6-11(12)15(23)19-18-13(21)8-2-1-5-9-20-14(22)10-25-16(20)24/h3-4,6-7H,1-2,5,8-10H2,(H,18,21)(H,19,23). The molecule has 0 spiro atoms. The molecule has 1 fully saturated rings. The van der Waals surface area contributed by atoms with Crippen molar-refractivity contribution in [2.75, 3.05) is 12.3 Å². The first-order valence-electron chi connectivity index (χ1n) is 7.80. The van der Waals surface area contributed by atoms with Gasteiger partial charge in [0.2, 0.25) is 11.8 Å². The van der Waals surface area contributed by atoms with Crippen LogP contribution < -0.4 is 10.9 Å². The molecule has 9 heteroatoms. The highest BCUT2D eigenvalue weighted by Gasteiger charge is 2.25. The molecule has 3 amide bonds. The van der Waals surface area contributed by atoms with E-state index in [9.17, 15) is 18.8 Å². The van der Waals surface area contributed by atoms with E-state index in [1.807, 2.05) is 0 Å². The molecule has 6 nitrogen and oxygen atoms in total. The van der Waals surface area contributed by atoms with E-state index in [0.717, 1.165) is 12.8 Å². The monoisotopic (exact) mass is 383 g/mol. The zero-order chi connectivity index (χ0) is 18.2. The second-order valence-electron chi connectivity index (χ2n) is 5.39. The van der Waals surface area contributed by atoms with Gasteiger partial charge in [-0.15, -0.1) is 0 Å². The van der Waals surface area contributed by atoms with Crippen molar-refractivity contribution < 1.29 is 18.8 Å². The van der Waals surface area contributed by atoms with Crippen LogP contribution in [0.15, 0.2) is 24.3 Å². The lowest BCUT2D eigenvalue weighted by atomic mass is 10.2. The minimum Gasteiger partial charge on any atom is -0.297 e. The number of carbonyl (C=O) groups is 3. The molecule has 134 valence electrons. The topological polar surface area (TPSA) is 78.5 Å². The van der Waals surface area contributed by atoms with E-state index < -0.39 is 11.7 Å². The summed E-state index contributed by atoms with van der Waals surface area (Å²) in [4.78, 5) is 36.5. The molecule has 1 saturated heterocycles. The number of halogens is 1. The fourth-order valence-corrected chi connectivity index (χ4v) is 3.35. The zero-order valence-corrected chi connectivity index (χ0v) is 15.1. The number of hydrogen-bond donors (Lipinski definition) is 2. The summed E-state index contributed by atoms with van der Waals surface area (Å²) in [6.45, 7) is 0.566. The van der Waals surface area contributed by atoms with Gasteiger partial charge in [-0.25, -0.2) is 4.39 Å². The molecule has 1 aromatic carbocycles. The molecule has 2 rings (SSSR count). The van der Waals surface area contributed by atoms with E-state index in [-0.39, 0.29) is 23.8 Å². The Labute approximate surface area is 154 Å². The first kappa shape index (κ1) is 19.3. The number of unbranched alkanes of at least 4 members (excludes halogenated alkanes) is 2. The molecule has 0 aromatic heterocycles. The lowest BCUT2D eigenvalue weighted by molar-refractivity contribution is -0.124. The fraction of sp³-hybridized carbons (Fsp3) is 0.375. The smallest absolute Gasteiger partial charge is 0.272 e. The third-order valence-electron chi connectivity index (χ3n) is 3.56. The van der Waals surface area contributed by atoms with Gasteiger partial charge in [0.25, 0.3) is 5.91 Å². The van der Waals surface area contributed by atoms with Crippen LogP contribution >= 0.6 is 24.0 Å². The van der Waals surface area contributed by atoms with Gasteiger partial charge < -0.3 is 0 Å². The van der Waals surface area contributed by atoms with Crippen LogP contribution in [0.3, 0.4) is 0 Å². The summed E-state index contributed by atoms with van der Waals surface area (Å²) in [6.07, 6.45) is 2.35. The zero-order valence-electron chi connectivity index (χ0n) is 13.4. The Morgan fingerprint density at radius 1 is 1.20 bits per heavy atom. The van der Waals surface area contributed by atoms with Gasteiger partial charge in [0.15, 0.2) is 0 Å². The van der Waals surface area contributed by atoms with Gasteiger partial charge >= 0.3 is 0 Å². The van der Waals surface area contributed by atoms with Crippen molar-refractivity contribution in [3.8, 4) is 0 Å². The van der Waals surface area contributed by atoms with E-state index in [4.69, 9.17) is 12.2 Å². The van der Waals surface area contributed by atoms with Gasteiger partial charge in [0.05, 0.1) is 11.3 Å². The summed E-state index contributed by atoms with van der Waals surface area (Å²) < 4.78 is 14.0. The molecule has 1 aliphatic rings. The Hall–Kier alpha value is -2.00. The van der Waals surface area contributed by atoms with Crippen molar-refractivity contribution in [2.45, 2.75) is 25.7 Å². The van der Waals surface area contributed by atoms with Crippen LogP contribution in [0.1, 0.15) is 36.0 Å². The average molecular weight is 383 g/mol. The summed E-state index contributed by atoms with van der Waals surface area (Å²) in [6, 6.07) is 5.52. The van der Waals surface area contributed by atoms with Crippen LogP contribution in [-0.2, 0) is 9.59 Å². The second-order valence-corrected chi connectivity index (χ2v) is 7.00. The number of carbonyl (C=O) groups excluding carboxylic acids is 3. The molecule has 0 unspecified atom stereocenters. The number of thioether (sulfide) groups is 1. The maximum atomic E-state index is 13.4. The predicted octanol–water partition coefficient (Wildman–Crippen LogP) is 2.01. The number of nitrogens with one attached hydrogen (secondary N) is 2. The molecule has 0 radical (unpaired) electrons. The highest BCUT2D eigenvalue weighted by Crippen LogP contribution is 2.19. The van der Waals surface area contributed by atoms with Crippen LogP contribution in [-0.4, -0.2) is 39.2 Å². The number of hydrogen-bond acceptors (Lipinski definition) is 5. The number of rotatable bonds is 7. The third kappa shape index (κ3) is 5.79. The molecule has 1 aromatic rings. The highest BCUT2D eigenvalue weighted by atomic mass is 32.2. The molecule has 0 bridgehead atoms. The van der Waals surface area contributed by atoms with Crippen molar-refractivity contribution in [1.29, 1.82) is 0 Å². The van der Waals surface area contributed by atoms with E-state index in [1.54, 1.807) is 4.90 Å². The third-order valence-corrected chi connectivity index (χ3v) is 4.99. The summed E-state index contributed by atoms with van der Waals surface area (Å²) in [7, 11) is 0. The van der Waals surface area contributed by atoms with Gasteiger partial charge in [-0.3, -0.25) is 30.1 Å². The number of thiocarbonyl (C=S) groups is 1. The second kappa shape index (κ2) is 9.47. The van der Waals surface area contributed by atoms with Crippen LogP contribution in [0.2, 0.25) is 0 Å². The Balaban J connectivity index is 1.60. The molecule has 1 heterocycles. The molecule has 25 heavy (non-hydrogen) atoms. The van der Waals surface area contributed by atoms with Gasteiger partial charge in [0, 0.05) is 13.0 Å². The summed E-state index contributed by atoms with van der Waals surface area (Å²) in [5.41, 5.74) is 4.31. The van der Waals surface area contributed by atoms with Crippen molar-refractivity contribution >= 4 is 46.0 Å². The quantitative estimate of drug-likeness (QED) is 0.428. The van der Waals surface area contributed by atoms with Crippen molar-refractivity contribution in [3.63, 3.8) is 0 Å². The molecule has 0 saturated carbocycles.